The van der Waals surface area contributed by atoms with Crippen molar-refractivity contribution in [2.45, 2.75) is 6.18 Å². The lowest BCUT2D eigenvalue weighted by molar-refractivity contribution is -0.140. The maximum Gasteiger partial charge on any atom is 0.435 e. The smallest absolute Gasteiger partial charge is 0.435 e. The van der Waals surface area contributed by atoms with Crippen molar-refractivity contribution in [3.05, 3.63) is 47.7 Å². The summed E-state index contributed by atoms with van der Waals surface area (Å²) in [6.45, 7) is 0. The van der Waals surface area contributed by atoms with Gasteiger partial charge in [0, 0.05) is 5.56 Å². The molecule has 2 rings (SSSR count). The molecule has 0 amide bonds. The van der Waals surface area contributed by atoms with Crippen LogP contribution in [0.1, 0.15) is 16.1 Å². The maximum absolute atomic E-state index is 12.8. The number of carboxylic acids is 1. The van der Waals surface area contributed by atoms with Crippen LogP contribution < -0.4 is 5.73 Å². The van der Waals surface area contributed by atoms with Crippen LogP contribution in [-0.2, 0) is 6.18 Å². The Morgan fingerprint density at radius 1 is 1.20 bits per heavy atom. The molecule has 0 aliphatic carbocycles. The third-order valence-electron chi connectivity index (χ3n) is 2.60. The minimum Gasteiger partial charge on any atom is -0.478 e. The van der Waals surface area contributed by atoms with E-state index >= 15 is 0 Å². The first-order valence-corrected chi connectivity index (χ1v) is 5.47. The third-order valence-corrected chi connectivity index (χ3v) is 2.60. The Balaban J connectivity index is 2.74. The lowest BCUT2D eigenvalue weighted by Gasteiger charge is -2.13. The Morgan fingerprint density at radius 2 is 1.80 bits per heavy atom. The Bertz CT molecular complexity index is 655. The number of nitrogens with zero attached hydrogens (tertiary/aromatic N) is 1. The predicted octanol–water partition coefficient (Wildman–Crippen LogP) is 3.05. The standard InChI is InChI=1S/C13H9F3N2O2/c14-13(15,16)11-9(17)6-8(12(19)20)10(18-11)7-4-2-1-3-5-7/h1-6H,17H2,(H,19,20). The summed E-state index contributed by atoms with van der Waals surface area (Å²) < 4.78 is 38.4. The van der Waals surface area contributed by atoms with E-state index in [4.69, 9.17) is 10.8 Å². The number of hydrogen-bond acceptors (Lipinski definition) is 3. The van der Waals surface area contributed by atoms with Crippen molar-refractivity contribution >= 4 is 11.7 Å². The summed E-state index contributed by atoms with van der Waals surface area (Å²) in [6.07, 6.45) is -4.75. The van der Waals surface area contributed by atoms with Crippen LogP contribution in [0.5, 0.6) is 0 Å². The average Bonchev–Trinajstić information content (AvgIpc) is 2.37. The lowest BCUT2D eigenvalue weighted by Crippen LogP contribution is -2.15. The summed E-state index contributed by atoms with van der Waals surface area (Å²) in [4.78, 5) is 14.5. The minimum atomic E-state index is -4.75. The summed E-state index contributed by atoms with van der Waals surface area (Å²) >= 11 is 0. The maximum atomic E-state index is 12.8. The van der Waals surface area contributed by atoms with Gasteiger partial charge >= 0.3 is 12.1 Å². The first-order chi connectivity index (χ1) is 9.30. The van der Waals surface area contributed by atoms with Gasteiger partial charge in [-0.15, -0.1) is 0 Å². The van der Waals surface area contributed by atoms with Crippen molar-refractivity contribution in [3.63, 3.8) is 0 Å². The van der Waals surface area contributed by atoms with Gasteiger partial charge in [0.05, 0.1) is 16.9 Å². The molecule has 0 atom stereocenters. The molecule has 0 aliphatic heterocycles. The highest BCUT2D eigenvalue weighted by molar-refractivity contribution is 5.96. The molecule has 0 saturated heterocycles. The van der Waals surface area contributed by atoms with Gasteiger partial charge in [-0.05, 0) is 6.07 Å². The van der Waals surface area contributed by atoms with Crippen molar-refractivity contribution in [1.82, 2.24) is 4.98 Å². The number of anilines is 1. The number of carbonyl (C=O) groups is 1. The average molecular weight is 282 g/mol. The molecule has 1 aromatic carbocycles. The number of aromatic carboxylic acids is 1. The molecule has 4 nitrogen and oxygen atoms in total. The Kier molecular flexibility index (Phi) is 3.35. The van der Waals surface area contributed by atoms with E-state index in [1.54, 1.807) is 18.2 Å². The van der Waals surface area contributed by atoms with Crippen LogP contribution in [0.4, 0.5) is 18.9 Å². The number of nitrogen functional groups attached to an aromatic ring is 1. The van der Waals surface area contributed by atoms with E-state index in [0.29, 0.717) is 0 Å². The van der Waals surface area contributed by atoms with Gasteiger partial charge < -0.3 is 10.8 Å². The number of rotatable bonds is 2. The van der Waals surface area contributed by atoms with Gasteiger partial charge in [-0.2, -0.15) is 13.2 Å². The van der Waals surface area contributed by atoms with Crippen molar-refractivity contribution in [2.75, 3.05) is 5.73 Å². The van der Waals surface area contributed by atoms with E-state index in [2.05, 4.69) is 4.98 Å². The van der Waals surface area contributed by atoms with Crippen LogP contribution in [0.2, 0.25) is 0 Å². The Hall–Kier alpha value is -2.57. The first-order valence-electron chi connectivity index (χ1n) is 5.47. The Morgan fingerprint density at radius 3 is 2.30 bits per heavy atom. The number of benzene rings is 1. The van der Waals surface area contributed by atoms with Crippen LogP contribution in [0, 0.1) is 0 Å². The topological polar surface area (TPSA) is 76.2 Å². The predicted molar refractivity (Wildman–Crippen MR) is 66.0 cm³/mol. The SMILES string of the molecule is Nc1cc(C(=O)O)c(-c2ccccc2)nc1C(F)(F)F. The van der Waals surface area contributed by atoms with Gasteiger partial charge in [-0.1, -0.05) is 30.3 Å². The largest absolute Gasteiger partial charge is 0.478 e. The molecule has 0 saturated carbocycles. The van der Waals surface area contributed by atoms with Crippen molar-refractivity contribution in [1.29, 1.82) is 0 Å². The molecular formula is C13H9F3N2O2. The highest BCUT2D eigenvalue weighted by Crippen LogP contribution is 2.35. The first kappa shape index (κ1) is 13.9. The summed E-state index contributed by atoms with van der Waals surface area (Å²) in [5.41, 5.74) is 2.88. The van der Waals surface area contributed by atoms with E-state index in [1.165, 1.54) is 12.1 Å². The Labute approximate surface area is 111 Å². The van der Waals surface area contributed by atoms with Crippen molar-refractivity contribution < 1.29 is 23.1 Å². The number of halogens is 3. The molecule has 7 heteroatoms. The second kappa shape index (κ2) is 4.84. The quantitative estimate of drug-likeness (QED) is 0.887. The fraction of sp³-hybridized carbons (Fsp3) is 0.0769. The van der Waals surface area contributed by atoms with Crippen LogP contribution in [-0.4, -0.2) is 16.1 Å². The van der Waals surface area contributed by atoms with E-state index in [1.807, 2.05) is 0 Å². The van der Waals surface area contributed by atoms with Gasteiger partial charge in [-0.25, -0.2) is 9.78 Å². The highest BCUT2D eigenvalue weighted by atomic mass is 19.4. The van der Waals surface area contributed by atoms with Crippen LogP contribution >= 0.6 is 0 Å². The molecule has 1 heterocycles. The molecule has 0 spiro atoms. The molecule has 0 aliphatic rings. The van der Waals surface area contributed by atoms with E-state index in [9.17, 15) is 18.0 Å². The van der Waals surface area contributed by atoms with Gasteiger partial charge in [0.15, 0.2) is 5.69 Å². The van der Waals surface area contributed by atoms with Crippen molar-refractivity contribution in [2.24, 2.45) is 0 Å². The highest BCUT2D eigenvalue weighted by Gasteiger charge is 2.36. The third kappa shape index (κ3) is 2.56. The van der Waals surface area contributed by atoms with Gasteiger partial charge in [0.1, 0.15) is 0 Å². The summed E-state index contributed by atoms with van der Waals surface area (Å²) in [5, 5.41) is 9.07. The monoisotopic (exact) mass is 282 g/mol. The zero-order chi connectivity index (χ0) is 14.9. The van der Waals surface area contributed by atoms with Gasteiger partial charge in [0.2, 0.25) is 0 Å². The molecule has 1 aromatic heterocycles. The number of carboxylic acid groups (broad SMARTS) is 1. The van der Waals surface area contributed by atoms with Crippen LogP contribution in [0.25, 0.3) is 11.3 Å². The van der Waals surface area contributed by atoms with E-state index in [0.717, 1.165) is 6.07 Å². The van der Waals surface area contributed by atoms with Gasteiger partial charge in [-0.3, -0.25) is 0 Å². The zero-order valence-electron chi connectivity index (χ0n) is 9.98. The zero-order valence-corrected chi connectivity index (χ0v) is 9.98. The number of aromatic nitrogens is 1. The molecule has 0 fully saturated rings. The number of hydrogen-bond donors (Lipinski definition) is 2. The number of alkyl halides is 3. The molecule has 20 heavy (non-hydrogen) atoms. The second-order valence-corrected chi connectivity index (χ2v) is 3.99. The summed E-state index contributed by atoms with van der Waals surface area (Å²) in [5.74, 6) is -1.39. The minimum absolute atomic E-state index is 0.264. The fourth-order valence-electron chi connectivity index (χ4n) is 1.73. The van der Waals surface area contributed by atoms with Crippen molar-refractivity contribution in [3.8, 4) is 11.3 Å². The molecule has 0 unspecified atom stereocenters. The second-order valence-electron chi connectivity index (χ2n) is 3.99. The van der Waals surface area contributed by atoms with Crippen LogP contribution in [0.3, 0.4) is 0 Å². The number of pyridine rings is 1. The van der Waals surface area contributed by atoms with Crippen LogP contribution in [0.15, 0.2) is 36.4 Å². The molecule has 3 N–H and O–H groups in total. The number of nitrogens with two attached hydrogens (primary N) is 1. The molecule has 0 bridgehead atoms. The molecule has 104 valence electrons. The normalized spacial score (nSPS) is 11.3. The van der Waals surface area contributed by atoms with E-state index < -0.39 is 23.5 Å². The van der Waals surface area contributed by atoms with E-state index in [-0.39, 0.29) is 16.8 Å². The molecule has 0 radical (unpaired) electrons. The lowest BCUT2D eigenvalue weighted by atomic mass is 10.0. The molecular weight excluding hydrogens is 273 g/mol. The molecule has 2 aromatic rings. The van der Waals surface area contributed by atoms with Gasteiger partial charge in [0.25, 0.3) is 0 Å². The summed E-state index contributed by atoms with van der Waals surface area (Å²) in [6, 6.07) is 8.54. The summed E-state index contributed by atoms with van der Waals surface area (Å²) in [7, 11) is 0. The fourth-order valence-corrected chi connectivity index (χ4v) is 1.73.